The lowest BCUT2D eigenvalue weighted by atomic mass is 10.2. The first-order chi connectivity index (χ1) is 14.8. The van der Waals surface area contributed by atoms with Crippen molar-refractivity contribution in [2.75, 3.05) is 11.1 Å². The molecule has 162 valence electrons. The molecule has 3 aromatic rings. The Hall–Kier alpha value is -3.32. The third-order valence-electron chi connectivity index (χ3n) is 4.96. The summed E-state index contributed by atoms with van der Waals surface area (Å²) in [4.78, 5) is 24.5. The number of rotatable bonds is 8. The molecule has 0 aliphatic rings. The Bertz CT molecular complexity index is 1190. The van der Waals surface area contributed by atoms with Crippen LogP contribution in [0.4, 0.5) is 10.2 Å². The summed E-state index contributed by atoms with van der Waals surface area (Å²) in [7, 11) is 0. The number of aromatic amines is 1. The summed E-state index contributed by atoms with van der Waals surface area (Å²) in [6, 6.07) is 8.25. The number of nitrogens with one attached hydrogen (secondary N) is 2. The summed E-state index contributed by atoms with van der Waals surface area (Å²) in [5, 5.41) is 19.3. The molecule has 0 atom stereocenters. The maximum Gasteiger partial charge on any atom is 0.343 e. The second-order valence-electron chi connectivity index (χ2n) is 7.06. The van der Waals surface area contributed by atoms with E-state index in [2.05, 4.69) is 21.6 Å². The lowest BCUT2D eigenvalue weighted by Gasteiger charge is -2.13. The van der Waals surface area contributed by atoms with Crippen LogP contribution in [-0.4, -0.2) is 31.0 Å². The first-order valence-corrected chi connectivity index (χ1v) is 10.8. The van der Waals surface area contributed by atoms with Crippen LogP contribution in [0, 0.1) is 31.0 Å². The topological polar surface area (TPSA) is 108 Å². The Morgan fingerprint density at radius 2 is 2.00 bits per heavy atom. The van der Waals surface area contributed by atoms with Crippen molar-refractivity contribution < 1.29 is 9.18 Å². The lowest BCUT2D eigenvalue weighted by molar-refractivity contribution is -0.113. The highest BCUT2D eigenvalue weighted by atomic mass is 32.2. The maximum absolute atomic E-state index is 13.2. The largest absolute Gasteiger partial charge is 0.343 e. The van der Waals surface area contributed by atoms with Crippen LogP contribution in [0.25, 0.3) is 0 Å². The molecule has 1 aromatic carbocycles. The highest BCUT2D eigenvalue weighted by Gasteiger charge is 2.20. The third-order valence-corrected chi connectivity index (χ3v) is 5.93. The van der Waals surface area contributed by atoms with Crippen LogP contribution in [0.5, 0.6) is 0 Å². The number of nitrogens with zero attached hydrogens (tertiary/aromatic N) is 4. The van der Waals surface area contributed by atoms with Crippen molar-refractivity contribution in [1.29, 1.82) is 5.26 Å². The van der Waals surface area contributed by atoms with Gasteiger partial charge in [0, 0.05) is 18.8 Å². The van der Waals surface area contributed by atoms with Gasteiger partial charge in [-0.1, -0.05) is 30.8 Å². The monoisotopic (exact) mass is 442 g/mol. The zero-order chi connectivity index (χ0) is 22.5. The van der Waals surface area contributed by atoms with Crippen molar-refractivity contribution in [3.05, 3.63) is 63.0 Å². The molecule has 10 heteroatoms. The van der Waals surface area contributed by atoms with E-state index in [1.54, 1.807) is 12.1 Å². The van der Waals surface area contributed by atoms with Gasteiger partial charge in [0.1, 0.15) is 17.7 Å². The van der Waals surface area contributed by atoms with Gasteiger partial charge in [-0.15, -0.1) is 5.10 Å². The fourth-order valence-electron chi connectivity index (χ4n) is 3.23. The molecule has 2 heterocycles. The van der Waals surface area contributed by atoms with Crippen LogP contribution in [0.3, 0.4) is 0 Å². The molecule has 0 aliphatic carbocycles. The first kappa shape index (κ1) is 22.4. The van der Waals surface area contributed by atoms with Crippen molar-refractivity contribution in [3.63, 3.8) is 0 Å². The zero-order valence-corrected chi connectivity index (χ0v) is 18.3. The standard InChI is InChI=1S/C21H23FN6O2S/c1-4-9-27-20(30)25-26-21(27)31-12-18(29)24-19-17(10-23)13(2)14(3)28(19)11-15-5-7-16(22)8-6-15/h5-8H,4,9,11-12H2,1-3H3,(H,24,29)(H,25,30). The Kier molecular flexibility index (Phi) is 6.97. The molecule has 0 radical (unpaired) electrons. The molecular weight excluding hydrogens is 419 g/mol. The number of aromatic nitrogens is 4. The van der Waals surface area contributed by atoms with E-state index in [4.69, 9.17) is 0 Å². The van der Waals surface area contributed by atoms with Gasteiger partial charge in [-0.05, 0) is 43.5 Å². The number of anilines is 1. The summed E-state index contributed by atoms with van der Waals surface area (Å²) in [5.41, 5.74) is 2.54. The van der Waals surface area contributed by atoms with Gasteiger partial charge >= 0.3 is 5.69 Å². The number of hydrogen-bond donors (Lipinski definition) is 2. The highest BCUT2D eigenvalue weighted by Crippen LogP contribution is 2.28. The minimum absolute atomic E-state index is 0.0265. The summed E-state index contributed by atoms with van der Waals surface area (Å²) < 4.78 is 16.6. The number of carbonyl (C=O) groups is 1. The van der Waals surface area contributed by atoms with Crippen LogP contribution in [-0.2, 0) is 17.9 Å². The molecular formula is C21H23FN6O2S. The van der Waals surface area contributed by atoms with E-state index >= 15 is 0 Å². The molecule has 0 saturated heterocycles. The number of carbonyl (C=O) groups excluding carboxylic acids is 1. The van der Waals surface area contributed by atoms with Crippen LogP contribution in [0.1, 0.15) is 35.7 Å². The van der Waals surface area contributed by atoms with Gasteiger partial charge in [0.05, 0.1) is 11.3 Å². The second-order valence-corrected chi connectivity index (χ2v) is 8.00. The smallest absolute Gasteiger partial charge is 0.326 e. The van der Waals surface area contributed by atoms with E-state index < -0.39 is 0 Å². The molecule has 0 saturated carbocycles. The van der Waals surface area contributed by atoms with Gasteiger partial charge in [-0.25, -0.2) is 14.3 Å². The SMILES string of the molecule is CCCn1c(SCC(=O)Nc2c(C#N)c(C)c(C)n2Cc2ccc(F)cc2)n[nH]c1=O. The van der Waals surface area contributed by atoms with E-state index in [1.165, 1.54) is 16.7 Å². The second kappa shape index (κ2) is 9.66. The number of nitriles is 1. The zero-order valence-electron chi connectivity index (χ0n) is 17.5. The number of H-pyrrole nitrogens is 1. The van der Waals surface area contributed by atoms with E-state index in [0.29, 0.717) is 29.6 Å². The lowest BCUT2D eigenvalue weighted by Crippen LogP contribution is -2.20. The fraction of sp³-hybridized carbons (Fsp3) is 0.333. The number of benzene rings is 1. The van der Waals surface area contributed by atoms with E-state index in [-0.39, 0.29) is 23.2 Å². The predicted molar refractivity (Wildman–Crippen MR) is 117 cm³/mol. The third kappa shape index (κ3) is 4.88. The minimum Gasteiger partial charge on any atom is -0.326 e. The normalized spacial score (nSPS) is 10.8. The summed E-state index contributed by atoms with van der Waals surface area (Å²) in [6.45, 7) is 6.54. The summed E-state index contributed by atoms with van der Waals surface area (Å²) in [6.07, 6.45) is 0.764. The van der Waals surface area contributed by atoms with Crippen LogP contribution >= 0.6 is 11.8 Å². The molecule has 0 aliphatic heterocycles. The molecule has 2 aromatic heterocycles. The van der Waals surface area contributed by atoms with Gasteiger partial charge < -0.3 is 9.88 Å². The molecule has 3 rings (SSSR count). The molecule has 0 spiro atoms. The Morgan fingerprint density at radius 3 is 2.65 bits per heavy atom. The molecule has 2 N–H and O–H groups in total. The number of amides is 1. The Labute approximate surface area is 183 Å². The first-order valence-electron chi connectivity index (χ1n) is 9.77. The molecule has 0 unspecified atom stereocenters. The average Bonchev–Trinajstić information content (AvgIpc) is 3.20. The van der Waals surface area contributed by atoms with Gasteiger partial charge in [0.2, 0.25) is 5.91 Å². The van der Waals surface area contributed by atoms with E-state index in [1.807, 2.05) is 25.3 Å². The van der Waals surface area contributed by atoms with Crippen molar-refractivity contribution in [2.45, 2.75) is 45.4 Å². The van der Waals surface area contributed by atoms with E-state index in [0.717, 1.165) is 35.0 Å². The van der Waals surface area contributed by atoms with Gasteiger partial charge in [-0.2, -0.15) is 5.26 Å². The summed E-state index contributed by atoms with van der Waals surface area (Å²) in [5.74, 6) is -0.218. The average molecular weight is 443 g/mol. The molecule has 8 nitrogen and oxygen atoms in total. The summed E-state index contributed by atoms with van der Waals surface area (Å²) >= 11 is 1.15. The van der Waals surface area contributed by atoms with Crippen molar-refractivity contribution in [1.82, 2.24) is 19.3 Å². The van der Waals surface area contributed by atoms with Crippen molar-refractivity contribution in [2.24, 2.45) is 0 Å². The van der Waals surface area contributed by atoms with Gasteiger partial charge in [-0.3, -0.25) is 9.36 Å². The number of thioether (sulfide) groups is 1. The number of halogens is 1. The van der Waals surface area contributed by atoms with Crippen molar-refractivity contribution >= 4 is 23.5 Å². The van der Waals surface area contributed by atoms with Crippen LogP contribution < -0.4 is 11.0 Å². The molecule has 31 heavy (non-hydrogen) atoms. The van der Waals surface area contributed by atoms with Crippen molar-refractivity contribution in [3.8, 4) is 6.07 Å². The highest BCUT2D eigenvalue weighted by molar-refractivity contribution is 7.99. The maximum atomic E-state index is 13.2. The number of hydrogen-bond acceptors (Lipinski definition) is 5. The van der Waals surface area contributed by atoms with E-state index in [9.17, 15) is 19.2 Å². The predicted octanol–water partition coefficient (Wildman–Crippen LogP) is 3.19. The van der Waals surface area contributed by atoms with Gasteiger partial charge in [0.25, 0.3) is 0 Å². The van der Waals surface area contributed by atoms with Crippen LogP contribution in [0.2, 0.25) is 0 Å². The minimum atomic E-state index is -0.327. The molecule has 0 bridgehead atoms. The fourth-order valence-corrected chi connectivity index (χ4v) is 4.01. The van der Waals surface area contributed by atoms with Crippen LogP contribution in [0.15, 0.2) is 34.2 Å². The van der Waals surface area contributed by atoms with Gasteiger partial charge in [0.15, 0.2) is 5.16 Å². The Morgan fingerprint density at radius 1 is 1.29 bits per heavy atom. The quantitative estimate of drug-likeness (QED) is 0.521. The Balaban J connectivity index is 1.81. The molecule has 0 fully saturated rings. The molecule has 1 amide bonds.